The van der Waals surface area contributed by atoms with Crippen LogP contribution in [0.4, 0.5) is 0 Å². The van der Waals surface area contributed by atoms with Gasteiger partial charge in [0, 0.05) is 18.7 Å². The van der Waals surface area contributed by atoms with E-state index in [0.717, 1.165) is 24.8 Å². The first-order valence-electron chi connectivity index (χ1n) is 7.23. The summed E-state index contributed by atoms with van der Waals surface area (Å²) in [5, 5.41) is 3.35. The van der Waals surface area contributed by atoms with Gasteiger partial charge in [-0.05, 0) is 37.8 Å². The summed E-state index contributed by atoms with van der Waals surface area (Å²) in [4.78, 5) is 9.34. The Kier molecular flexibility index (Phi) is 4.70. The topological polar surface area (TPSA) is 37.8 Å². The van der Waals surface area contributed by atoms with E-state index in [0.29, 0.717) is 5.92 Å². The van der Waals surface area contributed by atoms with Gasteiger partial charge in [0.1, 0.15) is 5.82 Å². The van der Waals surface area contributed by atoms with Gasteiger partial charge < -0.3 is 5.32 Å². The second-order valence-electron chi connectivity index (χ2n) is 5.60. The van der Waals surface area contributed by atoms with Crippen molar-refractivity contribution in [1.29, 1.82) is 0 Å². The van der Waals surface area contributed by atoms with E-state index in [-0.39, 0.29) is 0 Å². The first-order chi connectivity index (χ1) is 8.70. The van der Waals surface area contributed by atoms with Crippen molar-refractivity contribution in [3.05, 3.63) is 23.3 Å². The molecule has 0 aliphatic heterocycles. The molecule has 1 heterocycles. The number of rotatable bonds is 4. The minimum Gasteiger partial charge on any atom is -0.311 e. The lowest BCUT2D eigenvalue weighted by atomic mass is 9.82. The number of aromatic nitrogens is 2. The van der Waals surface area contributed by atoms with E-state index in [2.05, 4.69) is 31.1 Å². The average molecular weight is 247 g/mol. The van der Waals surface area contributed by atoms with Crippen LogP contribution in [-0.4, -0.2) is 16.5 Å². The molecule has 1 N–H and O–H groups in total. The van der Waals surface area contributed by atoms with Crippen molar-refractivity contribution in [2.24, 2.45) is 5.92 Å². The van der Waals surface area contributed by atoms with Crippen LogP contribution in [0.1, 0.15) is 62.5 Å². The van der Waals surface area contributed by atoms with E-state index in [1.165, 1.54) is 36.9 Å². The van der Waals surface area contributed by atoms with E-state index >= 15 is 0 Å². The highest BCUT2D eigenvalue weighted by Gasteiger charge is 2.22. The van der Waals surface area contributed by atoms with Crippen molar-refractivity contribution in [3.8, 4) is 0 Å². The Morgan fingerprint density at radius 1 is 1.28 bits per heavy atom. The third-order valence-electron chi connectivity index (χ3n) is 4.02. The molecule has 0 unspecified atom stereocenters. The first kappa shape index (κ1) is 13.5. The van der Waals surface area contributed by atoms with Gasteiger partial charge in [-0.3, -0.25) is 0 Å². The van der Waals surface area contributed by atoms with Crippen molar-refractivity contribution >= 4 is 0 Å². The molecule has 3 heteroatoms. The van der Waals surface area contributed by atoms with Crippen molar-refractivity contribution in [2.45, 2.75) is 58.9 Å². The lowest BCUT2D eigenvalue weighted by molar-refractivity contribution is 0.339. The summed E-state index contributed by atoms with van der Waals surface area (Å²) < 4.78 is 0. The summed E-state index contributed by atoms with van der Waals surface area (Å²) >= 11 is 0. The monoisotopic (exact) mass is 247 g/mol. The maximum Gasteiger partial charge on any atom is 0.131 e. The molecule has 3 nitrogen and oxygen atoms in total. The van der Waals surface area contributed by atoms with Gasteiger partial charge in [0.05, 0.1) is 5.69 Å². The van der Waals surface area contributed by atoms with Gasteiger partial charge >= 0.3 is 0 Å². The predicted octanol–water partition coefficient (Wildman–Crippen LogP) is 3.19. The molecular formula is C15H25N3. The Morgan fingerprint density at radius 3 is 2.67 bits per heavy atom. The summed E-state index contributed by atoms with van der Waals surface area (Å²) in [5.41, 5.74) is 2.37. The second kappa shape index (κ2) is 6.28. The third-order valence-corrected chi connectivity index (χ3v) is 4.02. The fourth-order valence-electron chi connectivity index (χ4n) is 2.63. The zero-order chi connectivity index (χ0) is 13.0. The van der Waals surface area contributed by atoms with Crippen LogP contribution >= 0.6 is 0 Å². The van der Waals surface area contributed by atoms with Gasteiger partial charge in [-0.2, -0.15) is 0 Å². The molecule has 100 valence electrons. The van der Waals surface area contributed by atoms with Crippen LogP contribution in [-0.2, 0) is 6.54 Å². The Morgan fingerprint density at radius 2 is 2.00 bits per heavy atom. The van der Waals surface area contributed by atoms with Crippen LogP contribution in [0.2, 0.25) is 0 Å². The normalized spacial score (nSPS) is 24.2. The highest BCUT2D eigenvalue weighted by atomic mass is 14.9. The average Bonchev–Trinajstić information content (AvgIpc) is 2.39. The zero-order valence-electron chi connectivity index (χ0n) is 11.9. The van der Waals surface area contributed by atoms with Gasteiger partial charge in [-0.25, -0.2) is 9.97 Å². The molecule has 0 spiro atoms. The summed E-state index contributed by atoms with van der Waals surface area (Å²) in [5.74, 6) is 2.54. The quantitative estimate of drug-likeness (QED) is 0.888. The fourth-order valence-corrected chi connectivity index (χ4v) is 2.63. The molecule has 18 heavy (non-hydrogen) atoms. The zero-order valence-corrected chi connectivity index (χ0v) is 11.9. The Balaban J connectivity index is 2.08. The highest BCUT2D eigenvalue weighted by molar-refractivity contribution is 5.17. The van der Waals surface area contributed by atoms with Crippen molar-refractivity contribution in [3.63, 3.8) is 0 Å². The van der Waals surface area contributed by atoms with Crippen LogP contribution < -0.4 is 5.32 Å². The largest absolute Gasteiger partial charge is 0.311 e. The molecular weight excluding hydrogens is 222 g/mol. The number of hydrogen-bond acceptors (Lipinski definition) is 3. The molecule has 0 saturated heterocycles. The van der Waals surface area contributed by atoms with Crippen LogP contribution in [0.15, 0.2) is 6.20 Å². The standard InChI is InChI=1S/C15H25N3/c1-4-16-10-14-12(3)9-17-15(18-14)13-7-5-11(2)6-8-13/h9,11,13,16H,4-8,10H2,1-3H3. The van der Waals surface area contributed by atoms with Crippen molar-refractivity contribution in [2.75, 3.05) is 6.54 Å². The van der Waals surface area contributed by atoms with Gasteiger partial charge in [0.2, 0.25) is 0 Å². The van der Waals surface area contributed by atoms with Crippen molar-refractivity contribution < 1.29 is 0 Å². The molecule has 2 rings (SSSR count). The van der Waals surface area contributed by atoms with E-state index in [4.69, 9.17) is 4.98 Å². The van der Waals surface area contributed by atoms with Gasteiger partial charge in [-0.1, -0.05) is 26.7 Å². The molecule has 1 aliphatic rings. The molecule has 1 aromatic heterocycles. The molecule has 1 aromatic rings. The van der Waals surface area contributed by atoms with Crippen LogP contribution in [0, 0.1) is 12.8 Å². The smallest absolute Gasteiger partial charge is 0.131 e. The molecule has 0 atom stereocenters. The minimum atomic E-state index is 0.585. The first-order valence-corrected chi connectivity index (χ1v) is 7.23. The molecule has 1 fully saturated rings. The Labute approximate surface area is 110 Å². The van der Waals surface area contributed by atoms with Crippen LogP contribution in [0.5, 0.6) is 0 Å². The van der Waals surface area contributed by atoms with Crippen LogP contribution in [0.25, 0.3) is 0 Å². The van der Waals surface area contributed by atoms with Crippen LogP contribution in [0.3, 0.4) is 0 Å². The summed E-state index contributed by atoms with van der Waals surface area (Å²) in [6, 6.07) is 0. The molecule has 0 aromatic carbocycles. The SMILES string of the molecule is CCNCc1nc(C2CCC(C)CC2)ncc1C. The summed E-state index contributed by atoms with van der Waals surface area (Å²) in [6.45, 7) is 8.42. The molecule has 0 bridgehead atoms. The Hall–Kier alpha value is -0.960. The fraction of sp³-hybridized carbons (Fsp3) is 0.733. The highest BCUT2D eigenvalue weighted by Crippen LogP contribution is 2.33. The molecule has 1 aliphatic carbocycles. The number of hydrogen-bond donors (Lipinski definition) is 1. The minimum absolute atomic E-state index is 0.585. The van der Waals surface area contributed by atoms with E-state index in [1.54, 1.807) is 0 Å². The number of nitrogens with zero attached hydrogens (tertiary/aromatic N) is 2. The van der Waals surface area contributed by atoms with E-state index in [9.17, 15) is 0 Å². The lowest BCUT2D eigenvalue weighted by Gasteiger charge is -2.25. The summed E-state index contributed by atoms with van der Waals surface area (Å²) in [7, 11) is 0. The Bertz CT molecular complexity index is 381. The molecule has 0 amide bonds. The van der Waals surface area contributed by atoms with Crippen molar-refractivity contribution in [1.82, 2.24) is 15.3 Å². The number of nitrogens with one attached hydrogen (secondary N) is 1. The van der Waals surface area contributed by atoms with Gasteiger partial charge in [-0.15, -0.1) is 0 Å². The molecule has 1 saturated carbocycles. The third kappa shape index (κ3) is 3.29. The maximum absolute atomic E-state index is 4.78. The maximum atomic E-state index is 4.78. The van der Waals surface area contributed by atoms with Gasteiger partial charge in [0.15, 0.2) is 0 Å². The predicted molar refractivity (Wildman–Crippen MR) is 74.5 cm³/mol. The second-order valence-corrected chi connectivity index (χ2v) is 5.60. The van der Waals surface area contributed by atoms with E-state index < -0.39 is 0 Å². The van der Waals surface area contributed by atoms with E-state index in [1.807, 2.05) is 6.20 Å². The van der Waals surface area contributed by atoms with Gasteiger partial charge in [0.25, 0.3) is 0 Å². The summed E-state index contributed by atoms with van der Waals surface area (Å²) in [6.07, 6.45) is 7.15. The molecule has 0 radical (unpaired) electrons. The number of aryl methyl sites for hydroxylation is 1. The lowest BCUT2D eigenvalue weighted by Crippen LogP contribution is -2.18.